The third-order valence-electron chi connectivity index (χ3n) is 3.97. The van der Waals surface area contributed by atoms with Crippen molar-refractivity contribution < 1.29 is 0 Å². The monoisotopic (exact) mass is 393 g/mol. The van der Waals surface area contributed by atoms with E-state index in [0.29, 0.717) is 0 Å². The van der Waals surface area contributed by atoms with Crippen LogP contribution in [0.4, 0.5) is 0 Å². The zero-order valence-electron chi connectivity index (χ0n) is 10.8. The quantitative estimate of drug-likeness (QED) is 0.687. The van der Waals surface area contributed by atoms with Gasteiger partial charge in [-0.25, -0.2) is 0 Å². The number of halogens is 2. The lowest BCUT2D eigenvalue weighted by Gasteiger charge is -2.27. The lowest BCUT2D eigenvalue weighted by atomic mass is 9.81. The summed E-state index contributed by atoms with van der Waals surface area (Å²) >= 11 is 8.89. The first-order valence-electron chi connectivity index (χ1n) is 6.83. The molecule has 1 nitrogen and oxygen atoms in total. The van der Waals surface area contributed by atoms with Gasteiger partial charge < -0.3 is 5.32 Å². The Morgan fingerprint density at radius 1 is 1.22 bits per heavy atom. The van der Waals surface area contributed by atoms with Crippen molar-refractivity contribution in [1.29, 1.82) is 0 Å². The Hall–Kier alpha value is 0.620. The Kier molecular flexibility index (Phi) is 6.19. The van der Waals surface area contributed by atoms with Crippen LogP contribution < -0.4 is 5.32 Å². The lowest BCUT2D eigenvalue weighted by Crippen LogP contribution is -2.25. The summed E-state index contributed by atoms with van der Waals surface area (Å²) in [6, 6.07) is 2.20. The molecule has 0 unspecified atom stereocenters. The molecule has 1 aliphatic carbocycles. The second-order valence-electron chi connectivity index (χ2n) is 5.26. The zero-order chi connectivity index (χ0) is 13.0. The summed E-state index contributed by atoms with van der Waals surface area (Å²) in [6.07, 6.45) is 7.10. The normalized spacial score (nSPS) is 24.4. The van der Waals surface area contributed by atoms with E-state index in [4.69, 9.17) is 0 Å². The maximum Gasteiger partial charge on any atom is 0.0843 e. The molecule has 1 aromatic heterocycles. The van der Waals surface area contributed by atoms with Crippen LogP contribution in [0.5, 0.6) is 0 Å². The highest BCUT2D eigenvalue weighted by molar-refractivity contribution is 9.13. The van der Waals surface area contributed by atoms with Gasteiger partial charge in [0.25, 0.3) is 0 Å². The van der Waals surface area contributed by atoms with Gasteiger partial charge in [0, 0.05) is 15.9 Å². The Balaban J connectivity index is 1.67. The number of hydrogen-bond donors (Lipinski definition) is 1. The van der Waals surface area contributed by atoms with Crippen LogP contribution in [-0.2, 0) is 6.54 Å². The first kappa shape index (κ1) is 15.0. The van der Waals surface area contributed by atoms with Gasteiger partial charge in [-0.1, -0.05) is 26.2 Å². The largest absolute Gasteiger partial charge is 0.312 e. The van der Waals surface area contributed by atoms with E-state index >= 15 is 0 Å². The standard InChI is InChI=1S/C14H21Br2NS/c1-2-10-3-5-11(6-4-10)8-17-9-12-7-13(15)14(16)18-12/h7,10-11,17H,2-6,8-9H2,1H3. The van der Waals surface area contributed by atoms with Crippen molar-refractivity contribution in [1.82, 2.24) is 5.32 Å². The van der Waals surface area contributed by atoms with Crippen LogP contribution in [0.15, 0.2) is 14.3 Å². The molecule has 1 aliphatic rings. The van der Waals surface area contributed by atoms with E-state index < -0.39 is 0 Å². The summed E-state index contributed by atoms with van der Waals surface area (Å²) in [6.45, 7) is 4.52. The van der Waals surface area contributed by atoms with Crippen LogP contribution in [0.25, 0.3) is 0 Å². The van der Waals surface area contributed by atoms with Crippen molar-refractivity contribution in [3.05, 3.63) is 19.2 Å². The van der Waals surface area contributed by atoms with Crippen LogP contribution in [0.1, 0.15) is 43.9 Å². The van der Waals surface area contributed by atoms with Crippen molar-refractivity contribution >= 4 is 43.2 Å². The van der Waals surface area contributed by atoms with Crippen molar-refractivity contribution in [2.45, 2.75) is 45.6 Å². The molecule has 102 valence electrons. The fourth-order valence-electron chi connectivity index (χ4n) is 2.72. The van der Waals surface area contributed by atoms with E-state index in [1.54, 1.807) is 0 Å². The Bertz CT molecular complexity index is 350. The highest BCUT2D eigenvalue weighted by Gasteiger charge is 2.19. The van der Waals surface area contributed by atoms with Gasteiger partial charge in [0.15, 0.2) is 0 Å². The van der Waals surface area contributed by atoms with E-state index in [-0.39, 0.29) is 0 Å². The van der Waals surface area contributed by atoms with Gasteiger partial charge in [0.1, 0.15) is 0 Å². The highest BCUT2D eigenvalue weighted by Crippen LogP contribution is 2.33. The summed E-state index contributed by atoms with van der Waals surface area (Å²) in [5.74, 6) is 1.91. The molecule has 1 aromatic rings. The topological polar surface area (TPSA) is 12.0 Å². The molecule has 2 rings (SSSR count). The minimum absolute atomic E-state index is 0.902. The van der Waals surface area contributed by atoms with Crippen molar-refractivity contribution in [3.8, 4) is 0 Å². The second kappa shape index (κ2) is 7.41. The summed E-state index contributed by atoms with van der Waals surface area (Å²) in [4.78, 5) is 1.40. The van der Waals surface area contributed by atoms with Crippen LogP contribution >= 0.6 is 43.2 Å². The third-order valence-corrected chi connectivity index (χ3v) is 7.23. The molecule has 1 N–H and O–H groups in total. The molecule has 0 bridgehead atoms. The number of nitrogens with one attached hydrogen (secondary N) is 1. The molecule has 18 heavy (non-hydrogen) atoms. The molecule has 4 heteroatoms. The van der Waals surface area contributed by atoms with E-state index in [9.17, 15) is 0 Å². The highest BCUT2D eigenvalue weighted by atomic mass is 79.9. The van der Waals surface area contributed by atoms with E-state index in [2.05, 4.69) is 50.2 Å². The average Bonchev–Trinajstić information content (AvgIpc) is 2.69. The second-order valence-corrected chi connectivity index (χ2v) is 8.57. The first-order valence-corrected chi connectivity index (χ1v) is 9.23. The molecule has 0 aliphatic heterocycles. The Morgan fingerprint density at radius 2 is 1.89 bits per heavy atom. The molecule has 0 atom stereocenters. The van der Waals surface area contributed by atoms with E-state index in [0.717, 1.165) is 18.4 Å². The minimum Gasteiger partial charge on any atom is -0.312 e. The molecule has 1 fully saturated rings. The third kappa shape index (κ3) is 4.32. The number of thiophene rings is 1. The van der Waals surface area contributed by atoms with Crippen LogP contribution in [0, 0.1) is 11.8 Å². The van der Waals surface area contributed by atoms with Crippen LogP contribution in [-0.4, -0.2) is 6.54 Å². The summed E-state index contributed by atoms with van der Waals surface area (Å²) in [7, 11) is 0. The molecule has 0 aromatic carbocycles. The fraction of sp³-hybridized carbons (Fsp3) is 0.714. The lowest BCUT2D eigenvalue weighted by molar-refractivity contribution is 0.262. The summed E-state index contributed by atoms with van der Waals surface area (Å²) < 4.78 is 2.37. The van der Waals surface area contributed by atoms with Gasteiger partial charge in [-0.2, -0.15) is 0 Å². The number of rotatable bonds is 5. The van der Waals surface area contributed by atoms with Crippen molar-refractivity contribution in [2.75, 3.05) is 6.54 Å². The van der Waals surface area contributed by atoms with Gasteiger partial charge in [-0.3, -0.25) is 0 Å². The van der Waals surface area contributed by atoms with Crippen LogP contribution in [0.2, 0.25) is 0 Å². The molecule has 1 saturated carbocycles. The fourth-order valence-corrected chi connectivity index (χ4v) is 4.87. The molecule has 0 amide bonds. The molecule has 0 radical (unpaired) electrons. The summed E-state index contributed by atoms with van der Waals surface area (Å²) in [5.41, 5.74) is 0. The maximum atomic E-state index is 3.61. The van der Waals surface area contributed by atoms with Crippen LogP contribution in [0.3, 0.4) is 0 Å². The predicted octanol–water partition coefficient (Wildman–Crippen LogP) is 5.58. The molecule has 1 heterocycles. The average molecular weight is 395 g/mol. The van der Waals surface area contributed by atoms with E-state index in [1.165, 1.54) is 51.8 Å². The maximum absolute atomic E-state index is 3.61. The van der Waals surface area contributed by atoms with E-state index in [1.807, 2.05) is 11.3 Å². The number of hydrogen-bond acceptors (Lipinski definition) is 2. The Morgan fingerprint density at radius 3 is 2.44 bits per heavy atom. The molecular weight excluding hydrogens is 374 g/mol. The predicted molar refractivity (Wildman–Crippen MR) is 87.2 cm³/mol. The first-order chi connectivity index (χ1) is 8.69. The Labute approximate surface area is 131 Å². The van der Waals surface area contributed by atoms with Gasteiger partial charge in [-0.05, 0) is 69.1 Å². The SMILES string of the molecule is CCC1CCC(CNCc2cc(Br)c(Br)s2)CC1. The smallest absolute Gasteiger partial charge is 0.0843 e. The van der Waals surface area contributed by atoms with Crippen molar-refractivity contribution in [2.24, 2.45) is 11.8 Å². The molecule has 0 spiro atoms. The molecular formula is C14H21Br2NS. The van der Waals surface area contributed by atoms with Gasteiger partial charge in [0.05, 0.1) is 3.79 Å². The van der Waals surface area contributed by atoms with Gasteiger partial charge in [-0.15, -0.1) is 11.3 Å². The summed E-state index contributed by atoms with van der Waals surface area (Å²) in [5, 5.41) is 3.61. The van der Waals surface area contributed by atoms with Gasteiger partial charge in [0.2, 0.25) is 0 Å². The van der Waals surface area contributed by atoms with Crippen molar-refractivity contribution in [3.63, 3.8) is 0 Å². The van der Waals surface area contributed by atoms with Gasteiger partial charge >= 0.3 is 0 Å². The zero-order valence-corrected chi connectivity index (χ0v) is 14.8. The molecule has 0 saturated heterocycles. The minimum atomic E-state index is 0.902.